The molecule has 1 aromatic rings. The highest BCUT2D eigenvalue weighted by Gasteiger charge is 2.19. The molecular formula is C18H30N2. The molecule has 1 aliphatic rings. The third-order valence-corrected chi connectivity index (χ3v) is 4.08. The Hall–Kier alpha value is -0.860. The molecule has 0 amide bonds. The number of aryl methyl sites for hydroxylation is 1. The van der Waals surface area contributed by atoms with Crippen LogP contribution in [0.1, 0.15) is 37.8 Å². The smallest absolute Gasteiger partial charge is 0.0233 e. The van der Waals surface area contributed by atoms with Crippen molar-refractivity contribution in [1.82, 2.24) is 10.2 Å². The van der Waals surface area contributed by atoms with E-state index in [0.29, 0.717) is 0 Å². The van der Waals surface area contributed by atoms with Gasteiger partial charge in [0, 0.05) is 13.1 Å². The van der Waals surface area contributed by atoms with Crippen LogP contribution in [-0.2, 0) is 6.54 Å². The molecule has 0 bridgehead atoms. The number of piperidine rings is 1. The summed E-state index contributed by atoms with van der Waals surface area (Å²) in [5.74, 6) is 1.58. The van der Waals surface area contributed by atoms with Gasteiger partial charge in [-0.1, -0.05) is 43.7 Å². The highest BCUT2D eigenvalue weighted by molar-refractivity contribution is 5.22. The molecule has 1 aromatic carbocycles. The molecule has 2 heteroatoms. The number of hydrogen-bond donors (Lipinski definition) is 1. The molecule has 0 spiro atoms. The predicted molar refractivity (Wildman–Crippen MR) is 86.9 cm³/mol. The van der Waals surface area contributed by atoms with E-state index in [2.05, 4.69) is 55.3 Å². The van der Waals surface area contributed by atoms with E-state index in [9.17, 15) is 0 Å². The Morgan fingerprint density at radius 3 is 2.95 bits per heavy atom. The summed E-state index contributed by atoms with van der Waals surface area (Å²) < 4.78 is 0. The normalized spacial score (nSPS) is 20.5. The molecule has 0 aromatic heterocycles. The van der Waals surface area contributed by atoms with Crippen molar-refractivity contribution in [2.24, 2.45) is 11.8 Å². The average Bonchev–Trinajstić information content (AvgIpc) is 2.39. The van der Waals surface area contributed by atoms with E-state index < -0.39 is 0 Å². The van der Waals surface area contributed by atoms with Crippen molar-refractivity contribution >= 4 is 0 Å². The van der Waals surface area contributed by atoms with Crippen molar-refractivity contribution in [2.45, 2.75) is 40.2 Å². The van der Waals surface area contributed by atoms with Gasteiger partial charge in [-0.3, -0.25) is 4.90 Å². The monoisotopic (exact) mass is 274 g/mol. The van der Waals surface area contributed by atoms with E-state index in [0.717, 1.165) is 24.9 Å². The second-order valence-electron chi connectivity index (χ2n) is 6.78. The van der Waals surface area contributed by atoms with Crippen LogP contribution in [0.4, 0.5) is 0 Å². The summed E-state index contributed by atoms with van der Waals surface area (Å²) in [4.78, 5) is 2.62. The maximum Gasteiger partial charge on any atom is 0.0233 e. The number of nitrogens with one attached hydrogen (secondary N) is 1. The minimum absolute atomic E-state index is 0.752. The lowest BCUT2D eigenvalue weighted by molar-refractivity contribution is 0.165. The van der Waals surface area contributed by atoms with Gasteiger partial charge in [0.05, 0.1) is 0 Å². The molecule has 1 saturated heterocycles. The third-order valence-electron chi connectivity index (χ3n) is 4.08. The van der Waals surface area contributed by atoms with Gasteiger partial charge >= 0.3 is 0 Å². The van der Waals surface area contributed by atoms with Gasteiger partial charge in [0.15, 0.2) is 0 Å². The third kappa shape index (κ3) is 5.26. The topological polar surface area (TPSA) is 15.3 Å². The zero-order valence-corrected chi connectivity index (χ0v) is 13.4. The second-order valence-corrected chi connectivity index (χ2v) is 6.78. The first-order valence-corrected chi connectivity index (χ1v) is 8.12. The standard InChI is InChI=1S/C18H30N2/c1-15(2)11-19-12-18-8-5-9-20(14-18)13-17-7-4-6-16(3)10-17/h4,6-7,10,15,18-19H,5,8-9,11-14H2,1-3H3. The molecule has 1 fully saturated rings. The summed E-state index contributed by atoms with van der Waals surface area (Å²) in [5.41, 5.74) is 2.83. The van der Waals surface area contributed by atoms with Crippen molar-refractivity contribution in [2.75, 3.05) is 26.2 Å². The van der Waals surface area contributed by atoms with Gasteiger partial charge in [-0.2, -0.15) is 0 Å². The molecule has 2 rings (SSSR count). The number of rotatable bonds is 6. The largest absolute Gasteiger partial charge is 0.316 e. The van der Waals surface area contributed by atoms with Gasteiger partial charge in [-0.25, -0.2) is 0 Å². The summed E-state index contributed by atoms with van der Waals surface area (Å²) in [6.07, 6.45) is 2.73. The van der Waals surface area contributed by atoms with Crippen molar-refractivity contribution in [1.29, 1.82) is 0 Å². The van der Waals surface area contributed by atoms with Crippen LogP contribution < -0.4 is 5.32 Å². The number of benzene rings is 1. The van der Waals surface area contributed by atoms with Gasteiger partial charge in [0.25, 0.3) is 0 Å². The quantitative estimate of drug-likeness (QED) is 0.854. The fourth-order valence-corrected chi connectivity index (χ4v) is 3.11. The minimum atomic E-state index is 0.752. The Morgan fingerprint density at radius 1 is 1.35 bits per heavy atom. The maximum atomic E-state index is 3.62. The fourth-order valence-electron chi connectivity index (χ4n) is 3.11. The van der Waals surface area contributed by atoms with Crippen LogP contribution in [-0.4, -0.2) is 31.1 Å². The molecule has 20 heavy (non-hydrogen) atoms. The van der Waals surface area contributed by atoms with E-state index in [-0.39, 0.29) is 0 Å². The number of likely N-dealkylation sites (tertiary alicyclic amines) is 1. The molecule has 1 unspecified atom stereocenters. The van der Waals surface area contributed by atoms with Crippen LogP contribution in [0.15, 0.2) is 24.3 Å². The Morgan fingerprint density at radius 2 is 2.20 bits per heavy atom. The van der Waals surface area contributed by atoms with Crippen molar-refractivity contribution in [3.63, 3.8) is 0 Å². The van der Waals surface area contributed by atoms with Crippen LogP contribution in [0, 0.1) is 18.8 Å². The molecule has 0 saturated carbocycles. The minimum Gasteiger partial charge on any atom is -0.316 e. The Labute approximate surface area is 124 Å². The highest BCUT2D eigenvalue weighted by Crippen LogP contribution is 2.18. The Bertz CT molecular complexity index is 400. The summed E-state index contributed by atoms with van der Waals surface area (Å²) in [7, 11) is 0. The van der Waals surface area contributed by atoms with E-state index in [1.54, 1.807) is 0 Å². The fraction of sp³-hybridized carbons (Fsp3) is 0.667. The van der Waals surface area contributed by atoms with Crippen molar-refractivity contribution in [3.8, 4) is 0 Å². The van der Waals surface area contributed by atoms with Gasteiger partial charge in [0.1, 0.15) is 0 Å². The van der Waals surface area contributed by atoms with E-state index >= 15 is 0 Å². The molecule has 1 atom stereocenters. The zero-order chi connectivity index (χ0) is 14.4. The molecule has 0 aliphatic carbocycles. The number of hydrogen-bond acceptors (Lipinski definition) is 2. The van der Waals surface area contributed by atoms with E-state index in [4.69, 9.17) is 0 Å². The van der Waals surface area contributed by atoms with Gasteiger partial charge in [0.2, 0.25) is 0 Å². The second kappa shape index (κ2) is 7.80. The Kier molecular flexibility index (Phi) is 6.06. The SMILES string of the molecule is Cc1cccc(CN2CCCC(CNCC(C)C)C2)c1. The van der Waals surface area contributed by atoms with Crippen molar-refractivity contribution in [3.05, 3.63) is 35.4 Å². The van der Waals surface area contributed by atoms with Crippen LogP contribution in [0.5, 0.6) is 0 Å². The molecule has 2 nitrogen and oxygen atoms in total. The van der Waals surface area contributed by atoms with Gasteiger partial charge in [-0.15, -0.1) is 0 Å². The van der Waals surface area contributed by atoms with Crippen LogP contribution in [0.3, 0.4) is 0 Å². The first kappa shape index (κ1) is 15.5. The lowest BCUT2D eigenvalue weighted by atomic mass is 9.97. The van der Waals surface area contributed by atoms with Crippen LogP contribution >= 0.6 is 0 Å². The lowest BCUT2D eigenvalue weighted by Gasteiger charge is -2.33. The summed E-state index contributed by atoms with van der Waals surface area (Å²) in [6, 6.07) is 8.93. The molecular weight excluding hydrogens is 244 g/mol. The van der Waals surface area contributed by atoms with Gasteiger partial charge in [-0.05, 0) is 56.8 Å². The summed E-state index contributed by atoms with van der Waals surface area (Å²) >= 11 is 0. The van der Waals surface area contributed by atoms with E-state index in [1.165, 1.54) is 43.6 Å². The molecule has 0 radical (unpaired) electrons. The van der Waals surface area contributed by atoms with Gasteiger partial charge < -0.3 is 5.32 Å². The Balaban J connectivity index is 1.78. The maximum absolute atomic E-state index is 3.62. The first-order valence-electron chi connectivity index (χ1n) is 8.12. The van der Waals surface area contributed by atoms with E-state index in [1.807, 2.05) is 0 Å². The number of nitrogens with zero attached hydrogens (tertiary/aromatic N) is 1. The molecule has 1 aliphatic heterocycles. The summed E-state index contributed by atoms with van der Waals surface area (Å²) in [6.45, 7) is 12.7. The zero-order valence-electron chi connectivity index (χ0n) is 13.4. The summed E-state index contributed by atoms with van der Waals surface area (Å²) in [5, 5.41) is 3.62. The molecule has 1 heterocycles. The first-order chi connectivity index (χ1) is 9.63. The lowest BCUT2D eigenvalue weighted by Crippen LogP contribution is -2.39. The predicted octanol–water partition coefficient (Wildman–Crippen LogP) is 3.45. The van der Waals surface area contributed by atoms with Crippen LogP contribution in [0.2, 0.25) is 0 Å². The highest BCUT2D eigenvalue weighted by atomic mass is 15.1. The van der Waals surface area contributed by atoms with Crippen molar-refractivity contribution < 1.29 is 0 Å². The average molecular weight is 274 g/mol. The molecule has 112 valence electrons. The van der Waals surface area contributed by atoms with Crippen LogP contribution in [0.25, 0.3) is 0 Å². The molecule has 1 N–H and O–H groups in total.